The first-order valence-electron chi connectivity index (χ1n) is 9.62. The van der Waals surface area contributed by atoms with E-state index in [-0.39, 0.29) is 5.91 Å². The maximum atomic E-state index is 13.3. The lowest BCUT2D eigenvalue weighted by atomic mass is 10.1. The number of furan rings is 1. The summed E-state index contributed by atoms with van der Waals surface area (Å²) in [7, 11) is 1.81. The van der Waals surface area contributed by atoms with Crippen molar-refractivity contribution in [1.29, 1.82) is 0 Å². The summed E-state index contributed by atoms with van der Waals surface area (Å²) in [5, 5.41) is 8.69. The van der Waals surface area contributed by atoms with E-state index >= 15 is 0 Å². The number of hydrogen-bond acceptors (Lipinski definition) is 6. The first-order valence-corrected chi connectivity index (χ1v) is 10.4. The Balaban J connectivity index is 1.58. The zero-order chi connectivity index (χ0) is 20.8. The zero-order valence-electron chi connectivity index (χ0n) is 16.8. The van der Waals surface area contributed by atoms with Crippen LogP contribution in [0.3, 0.4) is 0 Å². The van der Waals surface area contributed by atoms with Crippen molar-refractivity contribution in [3.63, 3.8) is 0 Å². The molecule has 0 fully saturated rings. The largest absolute Gasteiger partial charge is 0.463 e. The predicted octanol–water partition coefficient (Wildman–Crippen LogP) is 4.96. The molecule has 0 atom stereocenters. The molecule has 0 bridgehead atoms. The van der Waals surface area contributed by atoms with Crippen LogP contribution >= 0.6 is 11.3 Å². The van der Waals surface area contributed by atoms with E-state index in [1.807, 2.05) is 26.1 Å². The van der Waals surface area contributed by atoms with Crippen molar-refractivity contribution >= 4 is 43.6 Å². The van der Waals surface area contributed by atoms with E-state index in [1.54, 1.807) is 23.1 Å². The number of amides is 1. The van der Waals surface area contributed by atoms with E-state index < -0.39 is 0 Å². The predicted molar refractivity (Wildman–Crippen MR) is 118 cm³/mol. The number of carbonyl (C=O) groups excluding carboxylic acids is 1. The summed E-state index contributed by atoms with van der Waals surface area (Å²) >= 11 is 1.47. The Morgan fingerprint density at radius 2 is 2.10 bits per heavy atom. The topological polar surface area (TPSA) is 85.8 Å². The van der Waals surface area contributed by atoms with Gasteiger partial charge in [0.2, 0.25) is 0 Å². The molecule has 1 N–H and O–H groups in total. The van der Waals surface area contributed by atoms with Gasteiger partial charge in [0.1, 0.15) is 5.69 Å². The minimum atomic E-state index is -0.249. The molecule has 7 nitrogen and oxygen atoms in total. The van der Waals surface area contributed by atoms with Crippen molar-refractivity contribution < 1.29 is 9.21 Å². The Labute approximate surface area is 176 Å². The van der Waals surface area contributed by atoms with Crippen molar-refractivity contribution in [2.45, 2.75) is 20.3 Å². The quantitative estimate of drug-likeness (QED) is 0.447. The third-order valence-electron chi connectivity index (χ3n) is 5.07. The molecule has 150 valence electrons. The molecule has 8 heteroatoms. The minimum Gasteiger partial charge on any atom is -0.463 e. The monoisotopic (exact) mass is 417 g/mol. The van der Waals surface area contributed by atoms with Gasteiger partial charge in [0.25, 0.3) is 5.91 Å². The number of nitrogens with zero attached hydrogens (tertiary/aromatic N) is 4. The average Bonchev–Trinajstić information content (AvgIpc) is 3.46. The average molecular weight is 417 g/mol. The van der Waals surface area contributed by atoms with E-state index in [0.29, 0.717) is 27.8 Å². The molecular weight excluding hydrogens is 398 g/mol. The fraction of sp³-hybridized carbons (Fsp3) is 0.182. The summed E-state index contributed by atoms with van der Waals surface area (Å²) < 4.78 is 8.23. The van der Waals surface area contributed by atoms with Gasteiger partial charge >= 0.3 is 0 Å². The van der Waals surface area contributed by atoms with Gasteiger partial charge in [-0.2, -0.15) is 5.10 Å². The molecule has 0 aliphatic heterocycles. The number of anilines is 1. The molecule has 5 aromatic rings. The van der Waals surface area contributed by atoms with Gasteiger partial charge in [0.15, 0.2) is 16.5 Å². The number of carbonyl (C=O) groups is 1. The molecule has 0 radical (unpaired) electrons. The van der Waals surface area contributed by atoms with Gasteiger partial charge in [-0.25, -0.2) is 9.97 Å². The molecule has 4 heterocycles. The Hall–Kier alpha value is -3.52. The molecular formula is C22H19N5O2S. The van der Waals surface area contributed by atoms with Crippen molar-refractivity contribution in [3.8, 4) is 11.5 Å². The molecule has 0 aliphatic rings. The fourth-order valence-electron chi connectivity index (χ4n) is 3.58. The summed E-state index contributed by atoms with van der Waals surface area (Å²) in [6.07, 6.45) is 2.54. The molecule has 0 saturated heterocycles. The molecule has 4 aromatic heterocycles. The lowest BCUT2D eigenvalue weighted by Gasteiger charge is -2.06. The fourth-order valence-corrected chi connectivity index (χ4v) is 4.51. The number of benzene rings is 1. The number of aryl methyl sites for hydroxylation is 3. The van der Waals surface area contributed by atoms with Gasteiger partial charge in [-0.15, -0.1) is 0 Å². The van der Waals surface area contributed by atoms with Gasteiger partial charge in [0.05, 0.1) is 33.1 Å². The second-order valence-corrected chi connectivity index (χ2v) is 8.10. The maximum Gasteiger partial charge on any atom is 0.258 e. The summed E-state index contributed by atoms with van der Waals surface area (Å²) in [4.78, 5) is 22.5. The number of rotatable bonds is 4. The van der Waals surface area contributed by atoms with Crippen LogP contribution in [0.15, 0.2) is 47.1 Å². The lowest BCUT2D eigenvalue weighted by Crippen LogP contribution is -2.13. The normalized spacial score (nSPS) is 11.4. The Morgan fingerprint density at radius 1 is 1.23 bits per heavy atom. The first kappa shape index (κ1) is 18.5. The number of pyridine rings is 1. The highest BCUT2D eigenvalue weighted by Crippen LogP contribution is 2.30. The molecule has 0 spiro atoms. The van der Waals surface area contributed by atoms with E-state index in [9.17, 15) is 4.79 Å². The van der Waals surface area contributed by atoms with Crippen molar-refractivity contribution in [1.82, 2.24) is 19.7 Å². The van der Waals surface area contributed by atoms with E-state index in [2.05, 4.69) is 39.4 Å². The van der Waals surface area contributed by atoms with Crippen molar-refractivity contribution in [2.75, 3.05) is 5.32 Å². The minimum absolute atomic E-state index is 0.249. The molecule has 30 heavy (non-hydrogen) atoms. The van der Waals surface area contributed by atoms with Gasteiger partial charge in [0, 0.05) is 7.05 Å². The Bertz CT molecular complexity index is 1400. The van der Waals surface area contributed by atoms with Gasteiger partial charge in [-0.3, -0.25) is 14.8 Å². The van der Waals surface area contributed by atoms with Gasteiger partial charge in [-0.1, -0.05) is 24.3 Å². The number of aromatic nitrogens is 4. The van der Waals surface area contributed by atoms with Crippen LogP contribution in [0.5, 0.6) is 0 Å². The Morgan fingerprint density at radius 3 is 2.87 bits per heavy atom. The van der Waals surface area contributed by atoms with Crippen LogP contribution in [0, 0.1) is 6.92 Å². The summed E-state index contributed by atoms with van der Waals surface area (Å²) in [5.74, 6) is 0.345. The van der Waals surface area contributed by atoms with Crippen LogP contribution in [0.25, 0.3) is 32.7 Å². The highest BCUT2D eigenvalue weighted by atomic mass is 32.1. The SMILES string of the molecule is CCc1ccc2nc(NC(=O)c3cc(-c4ccco4)nc4c3c(C)nn4C)sc2c1. The number of fused-ring (bicyclic) bond motifs is 2. The molecule has 0 unspecified atom stereocenters. The van der Waals surface area contributed by atoms with Crippen molar-refractivity contribution in [2.24, 2.45) is 7.05 Å². The maximum absolute atomic E-state index is 13.3. The van der Waals surface area contributed by atoms with Crippen LogP contribution in [0.2, 0.25) is 0 Å². The molecule has 0 aliphatic carbocycles. The number of thiazole rings is 1. The van der Waals surface area contributed by atoms with E-state index in [0.717, 1.165) is 27.7 Å². The summed E-state index contributed by atoms with van der Waals surface area (Å²) in [5.41, 5.74) is 4.56. The molecule has 1 aromatic carbocycles. The van der Waals surface area contributed by atoms with Crippen LogP contribution in [0.1, 0.15) is 28.5 Å². The number of nitrogens with one attached hydrogen (secondary N) is 1. The Kier molecular flexibility index (Phi) is 4.36. The molecule has 0 saturated carbocycles. The van der Waals surface area contributed by atoms with Crippen LogP contribution in [-0.4, -0.2) is 25.7 Å². The van der Waals surface area contributed by atoms with Gasteiger partial charge < -0.3 is 4.42 Å². The van der Waals surface area contributed by atoms with Crippen molar-refractivity contribution in [3.05, 3.63) is 59.5 Å². The van der Waals surface area contributed by atoms with E-state index in [4.69, 9.17) is 4.42 Å². The molecule has 1 amide bonds. The molecule has 5 rings (SSSR count). The zero-order valence-corrected chi connectivity index (χ0v) is 17.6. The summed E-state index contributed by atoms with van der Waals surface area (Å²) in [6, 6.07) is 11.5. The van der Waals surface area contributed by atoms with Crippen LogP contribution in [0.4, 0.5) is 5.13 Å². The van der Waals surface area contributed by atoms with Gasteiger partial charge in [-0.05, 0) is 49.2 Å². The van der Waals surface area contributed by atoms with Crippen LogP contribution in [-0.2, 0) is 13.5 Å². The standard InChI is InChI=1S/C22H19N5O2S/c1-4-13-7-8-15-18(10-13)30-22(24-15)25-21(28)14-11-16(17-6-5-9-29-17)23-20-19(14)12(2)26-27(20)3/h5-11H,4H2,1-3H3,(H,24,25,28). The second-order valence-electron chi connectivity index (χ2n) is 7.07. The highest BCUT2D eigenvalue weighted by Gasteiger charge is 2.21. The number of hydrogen-bond donors (Lipinski definition) is 1. The lowest BCUT2D eigenvalue weighted by molar-refractivity contribution is 0.102. The smallest absolute Gasteiger partial charge is 0.258 e. The highest BCUT2D eigenvalue weighted by molar-refractivity contribution is 7.22. The summed E-state index contributed by atoms with van der Waals surface area (Å²) in [6.45, 7) is 3.99. The second kappa shape index (κ2) is 7.07. The third kappa shape index (κ3) is 3.05. The van der Waals surface area contributed by atoms with Crippen LogP contribution < -0.4 is 5.32 Å². The first-order chi connectivity index (χ1) is 14.5. The third-order valence-corrected chi connectivity index (χ3v) is 6.00. The van der Waals surface area contributed by atoms with E-state index in [1.165, 1.54) is 16.9 Å².